The number of aryl methyl sites for hydroxylation is 2. The summed E-state index contributed by atoms with van der Waals surface area (Å²) in [7, 11) is 2.99. The van der Waals surface area contributed by atoms with Crippen molar-refractivity contribution in [3.8, 4) is 0 Å². The number of nitrogens with one attached hydrogen (secondary N) is 2. The Morgan fingerprint density at radius 2 is 2.05 bits per heavy atom. The molecule has 2 aromatic rings. The Balaban J connectivity index is 2.13. The van der Waals surface area contributed by atoms with Gasteiger partial charge in [-0.3, -0.25) is 18.7 Å². The molecule has 0 aromatic carbocycles. The van der Waals surface area contributed by atoms with E-state index in [-0.39, 0.29) is 5.91 Å². The number of H-pyrrole nitrogens is 1. The number of rotatable bonds is 6. The Bertz CT molecular complexity index is 800. The summed E-state index contributed by atoms with van der Waals surface area (Å²) >= 11 is 0. The third-order valence-corrected chi connectivity index (χ3v) is 3.43. The predicted molar refractivity (Wildman–Crippen MR) is 81.6 cm³/mol. The van der Waals surface area contributed by atoms with Gasteiger partial charge in [-0.05, 0) is 6.42 Å². The molecule has 2 heterocycles. The van der Waals surface area contributed by atoms with Gasteiger partial charge in [0, 0.05) is 40.0 Å². The third-order valence-electron chi connectivity index (χ3n) is 3.43. The maximum Gasteiger partial charge on any atom is 0.332 e. The predicted octanol–water partition coefficient (Wildman–Crippen LogP) is -1.64. The average molecular weight is 308 g/mol. The van der Waals surface area contributed by atoms with Crippen LogP contribution >= 0.6 is 0 Å². The van der Waals surface area contributed by atoms with Crippen LogP contribution in [-0.2, 0) is 25.3 Å². The normalized spacial score (nSPS) is 11.0. The van der Waals surface area contributed by atoms with Crippen LogP contribution in [0, 0.1) is 0 Å². The lowest BCUT2D eigenvalue weighted by Gasteiger charge is -2.01. The standard InChI is InChI=1S/C13H20N6O3/c1-18-11-10(12(21)19(2)13(18)22)16-8(17-11)4-3-5-9(20)15-7-6-14/h3-7,14H2,1-2H3,(H,15,20)(H,16,17). The van der Waals surface area contributed by atoms with Gasteiger partial charge in [0.15, 0.2) is 5.65 Å². The Labute approximate surface area is 126 Å². The number of nitrogens with two attached hydrogens (primary N) is 1. The molecule has 4 N–H and O–H groups in total. The molecule has 22 heavy (non-hydrogen) atoms. The molecule has 0 aliphatic carbocycles. The number of hydrogen-bond donors (Lipinski definition) is 3. The van der Waals surface area contributed by atoms with Gasteiger partial charge in [0.05, 0.1) is 0 Å². The quantitative estimate of drug-likeness (QED) is 0.589. The van der Waals surface area contributed by atoms with Gasteiger partial charge in [-0.2, -0.15) is 0 Å². The van der Waals surface area contributed by atoms with E-state index in [2.05, 4.69) is 15.3 Å². The summed E-state index contributed by atoms with van der Waals surface area (Å²) in [6.45, 7) is 0.869. The molecule has 0 aliphatic heterocycles. The Morgan fingerprint density at radius 3 is 2.73 bits per heavy atom. The average Bonchev–Trinajstić information content (AvgIpc) is 2.93. The minimum Gasteiger partial charge on any atom is -0.355 e. The second-order valence-electron chi connectivity index (χ2n) is 5.08. The van der Waals surface area contributed by atoms with Crippen LogP contribution in [0.1, 0.15) is 18.7 Å². The smallest absolute Gasteiger partial charge is 0.332 e. The molecule has 0 saturated heterocycles. The Kier molecular flexibility index (Phi) is 4.76. The molecule has 9 heteroatoms. The summed E-state index contributed by atoms with van der Waals surface area (Å²) in [5.74, 6) is 0.518. The first-order valence-corrected chi connectivity index (χ1v) is 7.07. The number of carbonyl (C=O) groups is 1. The number of aromatic amines is 1. The molecular formula is C13H20N6O3. The van der Waals surface area contributed by atoms with Crippen molar-refractivity contribution in [1.29, 1.82) is 0 Å². The summed E-state index contributed by atoms with van der Waals surface area (Å²) in [5.41, 5.74) is 5.11. The highest BCUT2D eigenvalue weighted by Gasteiger charge is 2.13. The SMILES string of the molecule is Cn1c(=O)c2[nH]c(CCCC(=O)NCCN)nc2n(C)c1=O. The van der Waals surface area contributed by atoms with Gasteiger partial charge in [0.25, 0.3) is 5.56 Å². The van der Waals surface area contributed by atoms with Crippen LogP contribution in [-0.4, -0.2) is 38.1 Å². The van der Waals surface area contributed by atoms with Crippen LogP contribution in [0.2, 0.25) is 0 Å². The van der Waals surface area contributed by atoms with E-state index < -0.39 is 11.2 Å². The number of imidazole rings is 1. The fourth-order valence-corrected chi connectivity index (χ4v) is 2.21. The summed E-state index contributed by atoms with van der Waals surface area (Å²) < 4.78 is 2.36. The molecular weight excluding hydrogens is 288 g/mol. The minimum absolute atomic E-state index is 0.0649. The fraction of sp³-hybridized carbons (Fsp3) is 0.538. The van der Waals surface area contributed by atoms with Gasteiger partial charge in [0.2, 0.25) is 5.91 Å². The van der Waals surface area contributed by atoms with Crippen molar-refractivity contribution >= 4 is 17.1 Å². The maximum atomic E-state index is 12.0. The Morgan fingerprint density at radius 1 is 1.32 bits per heavy atom. The van der Waals surface area contributed by atoms with Crippen molar-refractivity contribution in [3.05, 3.63) is 26.7 Å². The van der Waals surface area contributed by atoms with Gasteiger partial charge < -0.3 is 16.0 Å². The lowest BCUT2D eigenvalue weighted by Crippen LogP contribution is -2.36. The minimum atomic E-state index is -0.420. The molecule has 0 bridgehead atoms. The first-order valence-electron chi connectivity index (χ1n) is 7.07. The largest absolute Gasteiger partial charge is 0.355 e. The molecule has 120 valence electrons. The van der Waals surface area contributed by atoms with E-state index in [1.807, 2.05) is 0 Å². The van der Waals surface area contributed by atoms with Gasteiger partial charge in [0.1, 0.15) is 11.3 Å². The number of amides is 1. The van der Waals surface area contributed by atoms with E-state index in [0.717, 1.165) is 4.57 Å². The molecule has 0 aliphatic rings. The second-order valence-corrected chi connectivity index (χ2v) is 5.08. The van der Waals surface area contributed by atoms with Crippen molar-refractivity contribution in [2.45, 2.75) is 19.3 Å². The van der Waals surface area contributed by atoms with Gasteiger partial charge >= 0.3 is 5.69 Å². The van der Waals surface area contributed by atoms with Crippen molar-refractivity contribution < 1.29 is 4.79 Å². The molecule has 0 radical (unpaired) electrons. The summed E-state index contributed by atoms with van der Waals surface area (Å²) in [4.78, 5) is 42.5. The van der Waals surface area contributed by atoms with Crippen LogP contribution in [0.15, 0.2) is 9.59 Å². The van der Waals surface area contributed by atoms with Crippen molar-refractivity contribution in [3.63, 3.8) is 0 Å². The van der Waals surface area contributed by atoms with Crippen LogP contribution in [0.5, 0.6) is 0 Å². The zero-order chi connectivity index (χ0) is 16.3. The second kappa shape index (κ2) is 6.56. The van der Waals surface area contributed by atoms with Crippen molar-refractivity contribution in [2.24, 2.45) is 19.8 Å². The topological polar surface area (TPSA) is 128 Å². The first kappa shape index (κ1) is 16.0. The van der Waals surface area contributed by atoms with Gasteiger partial charge in [-0.1, -0.05) is 0 Å². The van der Waals surface area contributed by atoms with Crippen LogP contribution < -0.4 is 22.3 Å². The summed E-state index contributed by atoms with van der Waals surface area (Å²) in [6.07, 6.45) is 1.46. The molecule has 0 spiro atoms. The molecule has 0 unspecified atom stereocenters. The van der Waals surface area contributed by atoms with Crippen LogP contribution in [0.25, 0.3) is 11.2 Å². The van der Waals surface area contributed by atoms with Crippen molar-refractivity contribution in [1.82, 2.24) is 24.4 Å². The molecule has 9 nitrogen and oxygen atoms in total. The molecule has 2 rings (SSSR count). The van der Waals surface area contributed by atoms with Crippen molar-refractivity contribution in [2.75, 3.05) is 13.1 Å². The Hall–Kier alpha value is -2.42. The molecule has 0 saturated carbocycles. The van der Waals surface area contributed by atoms with E-state index >= 15 is 0 Å². The highest BCUT2D eigenvalue weighted by atomic mass is 16.2. The van der Waals surface area contributed by atoms with E-state index in [1.165, 1.54) is 11.6 Å². The molecule has 1 amide bonds. The number of nitrogens with zero attached hydrogens (tertiary/aromatic N) is 3. The van der Waals surface area contributed by atoms with Crippen LogP contribution in [0.3, 0.4) is 0 Å². The maximum absolute atomic E-state index is 12.0. The monoisotopic (exact) mass is 308 g/mol. The lowest BCUT2D eigenvalue weighted by atomic mass is 10.2. The van der Waals surface area contributed by atoms with Crippen LogP contribution in [0.4, 0.5) is 0 Å². The molecule has 0 atom stereocenters. The molecule has 0 fully saturated rings. The third kappa shape index (κ3) is 3.08. The highest BCUT2D eigenvalue weighted by molar-refractivity contribution is 5.75. The van der Waals surface area contributed by atoms with Gasteiger partial charge in [-0.15, -0.1) is 0 Å². The van der Waals surface area contributed by atoms with E-state index in [0.29, 0.717) is 49.3 Å². The zero-order valence-electron chi connectivity index (χ0n) is 12.7. The van der Waals surface area contributed by atoms with E-state index in [4.69, 9.17) is 5.73 Å². The van der Waals surface area contributed by atoms with E-state index in [1.54, 1.807) is 7.05 Å². The number of hydrogen-bond acceptors (Lipinski definition) is 5. The fourth-order valence-electron chi connectivity index (χ4n) is 2.21. The van der Waals surface area contributed by atoms with Gasteiger partial charge in [-0.25, -0.2) is 9.78 Å². The van der Waals surface area contributed by atoms with E-state index in [9.17, 15) is 14.4 Å². The lowest BCUT2D eigenvalue weighted by molar-refractivity contribution is -0.121. The summed E-state index contributed by atoms with van der Waals surface area (Å²) in [5, 5.41) is 2.69. The number of fused-ring (bicyclic) bond motifs is 1. The summed E-state index contributed by atoms with van der Waals surface area (Å²) in [6, 6.07) is 0. The number of carbonyl (C=O) groups excluding carboxylic acids is 1. The molecule has 2 aromatic heterocycles. The highest BCUT2D eigenvalue weighted by Crippen LogP contribution is 2.07. The first-order chi connectivity index (χ1) is 10.5. The zero-order valence-corrected chi connectivity index (χ0v) is 12.7. The number of aromatic nitrogens is 4.